The topological polar surface area (TPSA) is 50.3 Å². The molecule has 21 heavy (non-hydrogen) atoms. The minimum Gasteiger partial charge on any atom is -0.496 e. The first-order valence-electron chi connectivity index (χ1n) is 7.06. The SMILES string of the molecule is CCc1nc(NC)cc(N(C)Cc2ccccc2OC)n1. The standard InChI is InChI=1S/C16H22N4O/c1-5-14-18-15(17-2)10-16(19-14)20(3)11-12-8-6-7-9-13(12)21-4/h6-10H,5,11H2,1-4H3,(H,17,18,19). The van der Waals surface area contributed by atoms with E-state index in [2.05, 4.69) is 33.2 Å². The third-order valence-corrected chi connectivity index (χ3v) is 3.32. The molecular formula is C16H22N4O. The normalized spacial score (nSPS) is 10.3. The van der Waals surface area contributed by atoms with E-state index in [4.69, 9.17) is 4.74 Å². The monoisotopic (exact) mass is 286 g/mol. The zero-order valence-electron chi connectivity index (χ0n) is 13.1. The lowest BCUT2D eigenvalue weighted by Crippen LogP contribution is -2.19. The summed E-state index contributed by atoms with van der Waals surface area (Å²) < 4.78 is 5.40. The summed E-state index contributed by atoms with van der Waals surface area (Å²) in [5.41, 5.74) is 1.13. The molecule has 5 nitrogen and oxygen atoms in total. The summed E-state index contributed by atoms with van der Waals surface area (Å²) in [5, 5.41) is 3.08. The Hall–Kier alpha value is -2.30. The van der Waals surface area contributed by atoms with Crippen molar-refractivity contribution in [1.82, 2.24) is 9.97 Å². The summed E-state index contributed by atoms with van der Waals surface area (Å²) >= 11 is 0. The van der Waals surface area contributed by atoms with Crippen LogP contribution in [0.3, 0.4) is 0 Å². The van der Waals surface area contributed by atoms with Crippen LogP contribution in [-0.4, -0.2) is 31.2 Å². The largest absolute Gasteiger partial charge is 0.496 e. The van der Waals surface area contributed by atoms with Crippen LogP contribution in [0.25, 0.3) is 0 Å². The zero-order valence-corrected chi connectivity index (χ0v) is 13.1. The first kappa shape index (κ1) is 15.1. The van der Waals surface area contributed by atoms with Crippen molar-refractivity contribution < 1.29 is 4.74 Å². The molecule has 0 bridgehead atoms. The van der Waals surface area contributed by atoms with Gasteiger partial charge in [0.15, 0.2) is 0 Å². The molecule has 1 aromatic heterocycles. The quantitative estimate of drug-likeness (QED) is 0.885. The van der Waals surface area contributed by atoms with Gasteiger partial charge in [-0.1, -0.05) is 25.1 Å². The second kappa shape index (κ2) is 6.92. The molecule has 0 saturated carbocycles. The fourth-order valence-electron chi connectivity index (χ4n) is 2.13. The van der Waals surface area contributed by atoms with Crippen molar-refractivity contribution >= 4 is 11.6 Å². The van der Waals surface area contributed by atoms with Gasteiger partial charge in [-0.25, -0.2) is 9.97 Å². The summed E-state index contributed by atoms with van der Waals surface area (Å²) in [7, 11) is 5.58. The molecule has 0 unspecified atom stereocenters. The molecule has 2 rings (SSSR count). The first-order valence-corrected chi connectivity index (χ1v) is 7.06. The molecule has 0 radical (unpaired) electrons. The van der Waals surface area contributed by atoms with E-state index in [9.17, 15) is 0 Å². The smallest absolute Gasteiger partial charge is 0.134 e. The molecule has 1 N–H and O–H groups in total. The zero-order chi connectivity index (χ0) is 15.2. The molecule has 0 atom stereocenters. The predicted octanol–water partition coefficient (Wildman–Crippen LogP) is 2.73. The Morgan fingerprint density at radius 3 is 2.67 bits per heavy atom. The van der Waals surface area contributed by atoms with Gasteiger partial charge in [0.25, 0.3) is 0 Å². The maximum Gasteiger partial charge on any atom is 0.134 e. The Morgan fingerprint density at radius 2 is 2.00 bits per heavy atom. The average molecular weight is 286 g/mol. The Bertz CT molecular complexity index is 578. The van der Waals surface area contributed by atoms with Crippen LogP contribution in [0.15, 0.2) is 30.3 Å². The molecule has 0 saturated heterocycles. The van der Waals surface area contributed by atoms with E-state index in [0.717, 1.165) is 41.7 Å². The van der Waals surface area contributed by atoms with Crippen molar-refractivity contribution in [2.75, 3.05) is 31.4 Å². The molecule has 0 fully saturated rings. The number of aryl methyl sites for hydroxylation is 1. The highest BCUT2D eigenvalue weighted by Gasteiger charge is 2.10. The van der Waals surface area contributed by atoms with Gasteiger partial charge < -0.3 is 15.0 Å². The van der Waals surface area contributed by atoms with Gasteiger partial charge >= 0.3 is 0 Å². The number of nitrogens with zero attached hydrogens (tertiary/aromatic N) is 3. The van der Waals surface area contributed by atoms with E-state index in [1.807, 2.05) is 38.4 Å². The molecule has 1 aromatic carbocycles. The van der Waals surface area contributed by atoms with Crippen LogP contribution < -0.4 is 15.0 Å². The Kier molecular flexibility index (Phi) is 4.98. The first-order chi connectivity index (χ1) is 10.2. The Morgan fingerprint density at radius 1 is 1.24 bits per heavy atom. The Balaban J connectivity index is 2.25. The second-order valence-corrected chi connectivity index (χ2v) is 4.80. The number of para-hydroxylation sites is 1. The van der Waals surface area contributed by atoms with Gasteiger partial charge in [-0.2, -0.15) is 0 Å². The summed E-state index contributed by atoms with van der Waals surface area (Å²) in [6, 6.07) is 9.98. The number of benzene rings is 1. The number of nitrogens with one attached hydrogen (secondary N) is 1. The number of methoxy groups -OCH3 is 1. The predicted molar refractivity (Wildman–Crippen MR) is 86.1 cm³/mol. The van der Waals surface area contributed by atoms with Gasteiger partial charge in [0.1, 0.15) is 23.2 Å². The summed E-state index contributed by atoms with van der Waals surface area (Å²) in [4.78, 5) is 11.1. The van der Waals surface area contributed by atoms with Crippen molar-refractivity contribution in [1.29, 1.82) is 0 Å². The number of ether oxygens (including phenoxy) is 1. The maximum atomic E-state index is 5.40. The minimum atomic E-state index is 0.729. The van der Waals surface area contributed by atoms with E-state index in [1.54, 1.807) is 7.11 Å². The molecule has 0 amide bonds. The molecule has 0 aliphatic carbocycles. The number of rotatable bonds is 6. The lowest BCUT2D eigenvalue weighted by atomic mass is 10.2. The van der Waals surface area contributed by atoms with Gasteiger partial charge in [0.2, 0.25) is 0 Å². The molecule has 112 valence electrons. The molecule has 1 heterocycles. The van der Waals surface area contributed by atoms with E-state index >= 15 is 0 Å². The van der Waals surface area contributed by atoms with Crippen molar-refractivity contribution in [3.05, 3.63) is 41.7 Å². The van der Waals surface area contributed by atoms with E-state index < -0.39 is 0 Å². The van der Waals surface area contributed by atoms with Crippen LogP contribution >= 0.6 is 0 Å². The molecule has 5 heteroatoms. The van der Waals surface area contributed by atoms with Crippen molar-refractivity contribution in [3.63, 3.8) is 0 Å². The van der Waals surface area contributed by atoms with Gasteiger partial charge in [0, 0.05) is 38.7 Å². The second-order valence-electron chi connectivity index (χ2n) is 4.80. The van der Waals surface area contributed by atoms with Gasteiger partial charge in [-0.15, -0.1) is 0 Å². The fraction of sp³-hybridized carbons (Fsp3) is 0.375. The van der Waals surface area contributed by atoms with Crippen LogP contribution in [0.2, 0.25) is 0 Å². The fourth-order valence-corrected chi connectivity index (χ4v) is 2.13. The van der Waals surface area contributed by atoms with Crippen molar-refractivity contribution in [2.45, 2.75) is 19.9 Å². The average Bonchev–Trinajstić information content (AvgIpc) is 2.54. The van der Waals surface area contributed by atoms with Crippen LogP contribution in [0, 0.1) is 0 Å². The number of anilines is 2. The summed E-state index contributed by atoms with van der Waals surface area (Å²) in [5.74, 6) is 3.47. The highest BCUT2D eigenvalue weighted by molar-refractivity contribution is 5.50. The van der Waals surface area contributed by atoms with Crippen molar-refractivity contribution in [2.24, 2.45) is 0 Å². The highest BCUT2D eigenvalue weighted by atomic mass is 16.5. The number of hydrogen-bond acceptors (Lipinski definition) is 5. The molecule has 2 aromatic rings. The van der Waals surface area contributed by atoms with Crippen molar-refractivity contribution in [3.8, 4) is 5.75 Å². The van der Waals surface area contributed by atoms with E-state index in [1.165, 1.54) is 0 Å². The summed E-state index contributed by atoms with van der Waals surface area (Å²) in [6.07, 6.45) is 0.811. The lowest BCUT2D eigenvalue weighted by molar-refractivity contribution is 0.409. The summed E-state index contributed by atoms with van der Waals surface area (Å²) in [6.45, 7) is 2.78. The van der Waals surface area contributed by atoms with Gasteiger partial charge in [0.05, 0.1) is 7.11 Å². The maximum absolute atomic E-state index is 5.40. The lowest BCUT2D eigenvalue weighted by Gasteiger charge is -2.20. The Labute approximate surface area is 126 Å². The third kappa shape index (κ3) is 3.62. The molecule has 0 aliphatic rings. The van der Waals surface area contributed by atoms with Gasteiger partial charge in [-0.05, 0) is 6.07 Å². The van der Waals surface area contributed by atoms with E-state index in [0.29, 0.717) is 0 Å². The molecular weight excluding hydrogens is 264 g/mol. The minimum absolute atomic E-state index is 0.729. The molecule has 0 spiro atoms. The number of hydrogen-bond donors (Lipinski definition) is 1. The molecule has 0 aliphatic heterocycles. The van der Waals surface area contributed by atoms with Gasteiger partial charge in [-0.3, -0.25) is 0 Å². The highest BCUT2D eigenvalue weighted by Crippen LogP contribution is 2.22. The van der Waals surface area contributed by atoms with Crippen LogP contribution in [0.1, 0.15) is 18.3 Å². The van der Waals surface area contributed by atoms with Crippen LogP contribution in [0.5, 0.6) is 5.75 Å². The number of aromatic nitrogens is 2. The third-order valence-electron chi connectivity index (χ3n) is 3.32. The van der Waals surface area contributed by atoms with Crippen LogP contribution in [-0.2, 0) is 13.0 Å². The van der Waals surface area contributed by atoms with E-state index in [-0.39, 0.29) is 0 Å². The van der Waals surface area contributed by atoms with Crippen LogP contribution in [0.4, 0.5) is 11.6 Å².